The summed E-state index contributed by atoms with van der Waals surface area (Å²) in [7, 11) is -2.36. The van der Waals surface area contributed by atoms with Crippen LogP contribution < -0.4 is 9.62 Å². The number of sulfonamides is 1. The largest absolute Gasteiger partial charge is 0.322 e. The summed E-state index contributed by atoms with van der Waals surface area (Å²) in [6.07, 6.45) is 0. The van der Waals surface area contributed by atoms with Crippen LogP contribution in [0.25, 0.3) is 0 Å². The van der Waals surface area contributed by atoms with Crippen molar-refractivity contribution in [3.63, 3.8) is 0 Å². The number of benzene rings is 3. The molecule has 0 heterocycles. The maximum atomic E-state index is 12.9. The van der Waals surface area contributed by atoms with Gasteiger partial charge in [-0.15, -0.1) is 0 Å². The van der Waals surface area contributed by atoms with Crippen molar-refractivity contribution in [2.75, 3.05) is 16.7 Å². The first-order valence-electron chi connectivity index (χ1n) is 8.60. The van der Waals surface area contributed by atoms with Crippen molar-refractivity contribution in [3.8, 4) is 0 Å². The van der Waals surface area contributed by atoms with Crippen molar-refractivity contribution < 1.29 is 13.2 Å². The highest BCUT2D eigenvalue weighted by Crippen LogP contribution is 2.28. The van der Waals surface area contributed by atoms with E-state index in [9.17, 15) is 13.2 Å². The number of hydrogen-bond acceptors (Lipinski definition) is 3. The molecule has 0 radical (unpaired) electrons. The topological polar surface area (TPSA) is 66.5 Å². The number of hydrogen-bond donors (Lipinski definition) is 1. The van der Waals surface area contributed by atoms with Gasteiger partial charge >= 0.3 is 0 Å². The van der Waals surface area contributed by atoms with Gasteiger partial charge in [-0.05, 0) is 55.5 Å². The lowest BCUT2D eigenvalue weighted by atomic mass is 10.1. The summed E-state index contributed by atoms with van der Waals surface area (Å²) in [5, 5.41) is 3.39. The normalized spacial score (nSPS) is 11.2. The molecule has 0 spiro atoms. The van der Waals surface area contributed by atoms with E-state index in [0.29, 0.717) is 16.4 Å². The van der Waals surface area contributed by atoms with Gasteiger partial charge < -0.3 is 5.32 Å². The van der Waals surface area contributed by atoms with Gasteiger partial charge in [0.1, 0.15) is 0 Å². The molecule has 150 valence electrons. The molecule has 0 aromatic heterocycles. The summed E-state index contributed by atoms with van der Waals surface area (Å²) < 4.78 is 26.9. The highest BCUT2D eigenvalue weighted by molar-refractivity contribution is 7.92. The van der Waals surface area contributed by atoms with Gasteiger partial charge in [0.25, 0.3) is 15.9 Å². The van der Waals surface area contributed by atoms with Crippen LogP contribution in [0.1, 0.15) is 15.9 Å². The lowest BCUT2D eigenvalue weighted by molar-refractivity contribution is 0.102. The first-order valence-corrected chi connectivity index (χ1v) is 10.8. The van der Waals surface area contributed by atoms with Crippen LogP contribution in [-0.4, -0.2) is 21.4 Å². The van der Waals surface area contributed by atoms with Gasteiger partial charge in [-0.1, -0.05) is 47.0 Å². The summed E-state index contributed by atoms with van der Waals surface area (Å²) in [6, 6.07) is 17.7. The fourth-order valence-electron chi connectivity index (χ4n) is 2.65. The predicted octanol–water partition coefficient (Wildman–Crippen LogP) is 5.38. The Bertz CT molecular complexity index is 1160. The number of rotatable bonds is 5. The maximum Gasteiger partial charge on any atom is 0.264 e. The Balaban J connectivity index is 1.91. The number of carbonyl (C=O) groups excluding carboxylic acids is 1. The second-order valence-corrected chi connectivity index (χ2v) is 9.23. The molecule has 3 aromatic carbocycles. The van der Waals surface area contributed by atoms with E-state index >= 15 is 0 Å². The quantitative estimate of drug-likeness (QED) is 0.569. The molecule has 1 amide bonds. The minimum atomic E-state index is -3.79. The van der Waals surface area contributed by atoms with E-state index in [-0.39, 0.29) is 15.5 Å². The average Bonchev–Trinajstić information content (AvgIpc) is 2.68. The lowest BCUT2D eigenvalue weighted by Gasteiger charge is -2.20. The van der Waals surface area contributed by atoms with Crippen LogP contribution in [-0.2, 0) is 10.0 Å². The molecule has 1 N–H and O–H groups in total. The Labute approximate surface area is 179 Å². The molecule has 0 saturated heterocycles. The maximum absolute atomic E-state index is 12.9. The Morgan fingerprint density at radius 3 is 2.31 bits per heavy atom. The van der Waals surface area contributed by atoms with Gasteiger partial charge in [0.2, 0.25) is 0 Å². The number of aryl methyl sites for hydroxylation is 1. The molecule has 0 bridgehead atoms. The molecule has 5 nitrogen and oxygen atoms in total. The van der Waals surface area contributed by atoms with E-state index in [1.54, 1.807) is 54.6 Å². The smallest absolute Gasteiger partial charge is 0.264 e. The van der Waals surface area contributed by atoms with E-state index in [1.807, 2.05) is 6.92 Å². The first-order chi connectivity index (χ1) is 13.7. The molecule has 0 unspecified atom stereocenters. The highest BCUT2D eigenvalue weighted by atomic mass is 35.5. The molecule has 3 aromatic rings. The monoisotopic (exact) mass is 448 g/mol. The summed E-state index contributed by atoms with van der Waals surface area (Å²) in [5.74, 6) is -0.472. The number of carbonyl (C=O) groups is 1. The van der Waals surface area contributed by atoms with Gasteiger partial charge in [-0.3, -0.25) is 9.10 Å². The second-order valence-electron chi connectivity index (χ2n) is 6.41. The summed E-state index contributed by atoms with van der Waals surface area (Å²) in [4.78, 5) is 12.8. The zero-order valence-electron chi connectivity index (χ0n) is 15.7. The third kappa shape index (κ3) is 4.72. The van der Waals surface area contributed by atoms with Crippen LogP contribution in [0, 0.1) is 6.92 Å². The van der Waals surface area contributed by atoms with Crippen molar-refractivity contribution >= 4 is 50.5 Å². The predicted molar refractivity (Wildman–Crippen MR) is 118 cm³/mol. The average molecular weight is 449 g/mol. The Kier molecular flexibility index (Phi) is 6.17. The fraction of sp³-hybridized carbons (Fsp3) is 0.0952. The van der Waals surface area contributed by atoms with Crippen molar-refractivity contribution in [2.45, 2.75) is 11.8 Å². The zero-order valence-corrected chi connectivity index (χ0v) is 18.0. The molecule has 0 aliphatic carbocycles. The Morgan fingerprint density at radius 1 is 0.966 bits per heavy atom. The standard InChI is InChI=1S/C21H18Cl2N2O3S/c1-14-6-9-18(10-7-14)29(27,28)25(2)17-8-11-20(23)19(13-17)21(26)24-16-5-3-4-15(22)12-16/h3-13H,1-2H3,(H,24,26). The van der Waals surface area contributed by atoms with Gasteiger partial charge in [-0.25, -0.2) is 8.42 Å². The second kappa shape index (κ2) is 8.45. The van der Waals surface area contributed by atoms with Crippen LogP contribution in [0.4, 0.5) is 11.4 Å². The van der Waals surface area contributed by atoms with Crippen molar-refractivity contribution in [3.05, 3.63) is 87.9 Å². The molecular weight excluding hydrogens is 431 g/mol. The molecule has 29 heavy (non-hydrogen) atoms. The van der Waals surface area contributed by atoms with Crippen LogP contribution in [0.5, 0.6) is 0 Å². The minimum absolute atomic E-state index is 0.148. The van der Waals surface area contributed by atoms with Gasteiger partial charge in [0, 0.05) is 17.8 Å². The Hall–Kier alpha value is -2.54. The number of halogens is 2. The number of anilines is 2. The first kappa shape index (κ1) is 21.2. The van der Waals surface area contributed by atoms with Gasteiger partial charge in [-0.2, -0.15) is 0 Å². The SMILES string of the molecule is Cc1ccc(S(=O)(=O)N(C)c2ccc(Cl)c(C(=O)Nc3cccc(Cl)c3)c2)cc1. The lowest BCUT2D eigenvalue weighted by Crippen LogP contribution is -2.27. The third-order valence-electron chi connectivity index (χ3n) is 4.32. The number of nitrogens with zero attached hydrogens (tertiary/aromatic N) is 1. The summed E-state index contributed by atoms with van der Waals surface area (Å²) in [6.45, 7) is 1.88. The van der Waals surface area contributed by atoms with E-state index in [4.69, 9.17) is 23.2 Å². The van der Waals surface area contributed by atoms with Gasteiger partial charge in [0.05, 0.1) is 21.2 Å². The zero-order chi connectivity index (χ0) is 21.2. The van der Waals surface area contributed by atoms with Crippen molar-refractivity contribution in [1.82, 2.24) is 0 Å². The molecule has 8 heteroatoms. The molecule has 0 fully saturated rings. The third-order valence-corrected chi connectivity index (χ3v) is 6.68. The van der Waals surface area contributed by atoms with Crippen molar-refractivity contribution in [1.29, 1.82) is 0 Å². The molecule has 0 aliphatic heterocycles. The fourth-order valence-corrected chi connectivity index (χ4v) is 4.24. The molecular formula is C21H18Cl2N2O3S. The summed E-state index contributed by atoms with van der Waals surface area (Å²) in [5.41, 5.74) is 1.92. The van der Waals surface area contributed by atoms with Crippen molar-refractivity contribution in [2.24, 2.45) is 0 Å². The van der Waals surface area contributed by atoms with Crippen LogP contribution in [0.3, 0.4) is 0 Å². The Morgan fingerprint density at radius 2 is 1.66 bits per heavy atom. The molecule has 3 rings (SSSR count). The van der Waals surface area contributed by atoms with E-state index in [0.717, 1.165) is 9.87 Å². The minimum Gasteiger partial charge on any atom is -0.322 e. The number of nitrogens with one attached hydrogen (secondary N) is 1. The summed E-state index contributed by atoms with van der Waals surface area (Å²) >= 11 is 12.1. The van der Waals surface area contributed by atoms with E-state index < -0.39 is 15.9 Å². The van der Waals surface area contributed by atoms with Crippen LogP contribution in [0.15, 0.2) is 71.6 Å². The molecule has 0 aliphatic rings. The van der Waals surface area contributed by atoms with E-state index in [1.165, 1.54) is 19.2 Å². The molecule has 0 saturated carbocycles. The molecule has 0 atom stereocenters. The van der Waals surface area contributed by atoms with Crippen LogP contribution in [0.2, 0.25) is 10.0 Å². The highest BCUT2D eigenvalue weighted by Gasteiger charge is 2.23. The van der Waals surface area contributed by atoms with Crippen LogP contribution >= 0.6 is 23.2 Å². The van der Waals surface area contributed by atoms with E-state index in [2.05, 4.69) is 5.32 Å². The number of amides is 1. The van der Waals surface area contributed by atoms with Gasteiger partial charge in [0.15, 0.2) is 0 Å².